The topological polar surface area (TPSA) is 64.3 Å². The molecule has 0 amide bonds. The van der Waals surface area contributed by atoms with Gasteiger partial charge in [0.05, 0.1) is 17.3 Å². The molecule has 0 bridgehead atoms. The normalized spacial score (nSPS) is 10.4. The van der Waals surface area contributed by atoms with Crippen molar-refractivity contribution in [2.75, 3.05) is 7.11 Å². The van der Waals surface area contributed by atoms with Crippen LogP contribution in [0.5, 0.6) is 5.75 Å². The van der Waals surface area contributed by atoms with Crippen molar-refractivity contribution in [1.82, 2.24) is 9.78 Å². The van der Waals surface area contributed by atoms with E-state index in [1.54, 1.807) is 26.3 Å². The maximum absolute atomic E-state index is 10.9. The van der Waals surface area contributed by atoms with E-state index >= 15 is 0 Å². The first kappa shape index (κ1) is 12.6. The fraction of sp³-hybridized carbons (Fsp3) is 0.167. The van der Waals surface area contributed by atoms with E-state index in [1.165, 1.54) is 4.68 Å². The lowest BCUT2D eigenvalue weighted by molar-refractivity contribution is 0.0689. The lowest BCUT2D eigenvalue weighted by Crippen LogP contribution is -2.02. The number of carboxylic acid groups (broad SMARTS) is 1. The van der Waals surface area contributed by atoms with Crippen LogP contribution in [0.3, 0.4) is 0 Å². The van der Waals surface area contributed by atoms with Gasteiger partial charge in [0.1, 0.15) is 5.75 Å². The number of ether oxygens (including phenoxy) is 1. The van der Waals surface area contributed by atoms with Crippen molar-refractivity contribution in [3.05, 3.63) is 40.1 Å². The molecule has 0 radical (unpaired) electrons. The third-order valence-electron chi connectivity index (χ3n) is 2.50. The third-order valence-corrected chi connectivity index (χ3v) is 3.15. The molecule has 0 fully saturated rings. The minimum atomic E-state index is -1.03. The summed E-state index contributed by atoms with van der Waals surface area (Å²) in [6.45, 7) is 1.71. The molecule has 0 spiro atoms. The second kappa shape index (κ2) is 4.81. The first-order valence-corrected chi connectivity index (χ1v) is 5.95. The lowest BCUT2D eigenvalue weighted by Gasteiger charge is -2.06. The average Bonchev–Trinajstić information content (AvgIpc) is 2.72. The van der Waals surface area contributed by atoms with E-state index in [1.807, 2.05) is 12.1 Å². The minimum absolute atomic E-state index is 0.0527. The molecule has 0 atom stereocenters. The van der Waals surface area contributed by atoms with Gasteiger partial charge < -0.3 is 9.84 Å². The Morgan fingerprint density at radius 1 is 1.50 bits per heavy atom. The molecule has 2 rings (SSSR count). The highest BCUT2D eigenvalue weighted by molar-refractivity contribution is 9.10. The number of aromatic nitrogens is 2. The SMILES string of the molecule is COc1cc(-n2cc(C)c(C(=O)O)n2)ccc1Br. The summed E-state index contributed by atoms with van der Waals surface area (Å²) in [6.07, 6.45) is 1.67. The quantitative estimate of drug-likeness (QED) is 0.946. The van der Waals surface area contributed by atoms with Crippen molar-refractivity contribution in [3.8, 4) is 11.4 Å². The van der Waals surface area contributed by atoms with Crippen molar-refractivity contribution >= 4 is 21.9 Å². The summed E-state index contributed by atoms with van der Waals surface area (Å²) >= 11 is 3.36. The van der Waals surface area contributed by atoms with Crippen LogP contribution in [0.15, 0.2) is 28.9 Å². The molecule has 1 N–H and O–H groups in total. The molecule has 94 valence electrons. The van der Waals surface area contributed by atoms with Gasteiger partial charge in [0.2, 0.25) is 0 Å². The molecule has 1 heterocycles. The molecule has 0 saturated heterocycles. The highest BCUT2D eigenvalue weighted by Gasteiger charge is 2.13. The summed E-state index contributed by atoms with van der Waals surface area (Å²) in [6, 6.07) is 5.43. The van der Waals surface area contributed by atoms with Crippen LogP contribution in [-0.2, 0) is 0 Å². The van der Waals surface area contributed by atoms with Crippen LogP contribution in [-0.4, -0.2) is 28.0 Å². The molecule has 1 aromatic carbocycles. The number of carboxylic acids is 1. The highest BCUT2D eigenvalue weighted by atomic mass is 79.9. The summed E-state index contributed by atoms with van der Waals surface area (Å²) in [7, 11) is 1.57. The highest BCUT2D eigenvalue weighted by Crippen LogP contribution is 2.27. The molecule has 5 nitrogen and oxygen atoms in total. The van der Waals surface area contributed by atoms with Crippen LogP contribution >= 0.6 is 15.9 Å². The Bertz CT molecular complexity index is 607. The number of rotatable bonds is 3. The van der Waals surface area contributed by atoms with Crippen molar-refractivity contribution < 1.29 is 14.6 Å². The fourth-order valence-electron chi connectivity index (χ4n) is 1.59. The van der Waals surface area contributed by atoms with E-state index in [4.69, 9.17) is 9.84 Å². The van der Waals surface area contributed by atoms with Gasteiger partial charge in [-0.05, 0) is 35.0 Å². The number of halogens is 1. The van der Waals surface area contributed by atoms with Gasteiger partial charge in [-0.2, -0.15) is 5.10 Å². The van der Waals surface area contributed by atoms with E-state index in [2.05, 4.69) is 21.0 Å². The predicted molar refractivity (Wildman–Crippen MR) is 69.5 cm³/mol. The van der Waals surface area contributed by atoms with Crippen LogP contribution in [0.1, 0.15) is 16.1 Å². The van der Waals surface area contributed by atoms with E-state index in [-0.39, 0.29) is 5.69 Å². The summed E-state index contributed by atoms with van der Waals surface area (Å²) in [5.41, 5.74) is 1.41. The van der Waals surface area contributed by atoms with E-state index in [0.717, 1.165) is 10.2 Å². The third kappa shape index (κ3) is 2.24. The van der Waals surface area contributed by atoms with Gasteiger partial charge in [-0.25, -0.2) is 9.48 Å². The van der Waals surface area contributed by atoms with Gasteiger partial charge in [-0.1, -0.05) is 0 Å². The van der Waals surface area contributed by atoms with Gasteiger partial charge in [-0.3, -0.25) is 0 Å². The van der Waals surface area contributed by atoms with E-state index in [9.17, 15) is 4.79 Å². The van der Waals surface area contributed by atoms with Crippen LogP contribution in [0.25, 0.3) is 5.69 Å². The second-order valence-electron chi connectivity index (χ2n) is 3.73. The number of hydrogen-bond donors (Lipinski definition) is 1. The molecule has 0 unspecified atom stereocenters. The number of nitrogens with zero attached hydrogens (tertiary/aromatic N) is 2. The summed E-state index contributed by atoms with van der Waals surface area (Å²) < 4.78 is 7.54. The molecular formula is C12H11BrN2O3. The molecule has 2 aromatic rings. The number of aryl methyl sites for hydroxylation is 1. The van der Waals surface area contributed by atoms with Crippen molar-refractivity contribution in [2.45, 2.75) is 6.92 Å². The first-order valence-electron chi connectivity index (χ1n) is 5.16. The Morgan fingerprint density at radius 2 is 2.22 bits per heavy atom. The number of benzene rings is 1. The maximum Gasteiger partial charge on any atom is 0.356 e. The molecular weight excluding hydrogens is 300 g/mol. The molecule has 1 aromatic heterocycles. The van der Waals surface area contributed by atoms with Crippen LogP contribution in [0.2, 0.25) is 0 Å². The van der Waals surface area contributed by atoms with Gasteiger partial charge in [0, 0.05) is 17.8 Å². The Kier molecular flexibility index (Phi) is 3.38. The zero-order valence-corrected chi connectivity index (χ0v) is 11.4. The summed E-state index contributed by atoms with van der Waals surface area (Å²) in [4.78, 5) is 10.9. The Hall–Kier alpha value is -1.82. The summed E-state index contributed by atoms with van der Waals surface area (Å²) in [5.74, 6) is -0.368. The smallest absolute Gasteiger partial charge is 0.356 e. The zero-order chi connectivity index (χ0) is 13.3. The molecule has 0 aliphatic carbocycles. The number of methoxy groups -OCH3 is 1. The fourth-order valence-corrected chi connectivity index (χ4v) is 2.00. The predicted octanol–water partition coefficient (Wildman–Crippen LogP) is 2.65. The standard InChI is InChI=1S/C12H11BrN2O3/c1-7-6-15(14-11(7)12(16)17)8-3-4-9(13)10(5-8)18-2/h3-6H,1-2H3,(H,16,17). The second-order valence-corrected chi connectivity index (χ2v) is 4.58. The number of carbonyl (C=O) groups is 1. The van der Waals surface area contributed by atoms with Crippen LogP contribution < -0.4 is 4.74 Å². The Labute approximate surface area is 112 Å². The van der Waals surface area contributed by atoms with Gasteiger partial charge in [0.15, 0.2) is 5.69 Å². The van der Waals surface area contributed by atoms with Crippen molar-refractivity contribution in [3.63, 3.8) is 0 Å². The first-order chi connectivity index (χ1) is 8.52. The van der Waals surface area contributed by atoms with Crippen LogP contribution in [0, 0.1) is 6.92 Å². The Morgan fingerprint density at radius 3 is 2.78 bits per heavy atom. The van der Waals surface area contributed by atoms with Gasteiger partial charge in [-0.15, -0.1) is 0 Å². The number of hydrogen-bond acceptors (Lipinski definition) is 3. The van der Waals surface area contributed by atoms with Crippen molar-refractivity contribution in [2.24, 2.45) is 0 Å². The number of aromatic carboxylic acids is 1. The van der Waals surface area contributed by atoms with Crippen LogP contribution in [0.4, 0.5) is 0 Å². The Balaban J connectivity index is 2.49. The molecule has 18 heavy (non-hydrogen) atoms. The van der Waals surface area contributed by atoms with E-state index in [0.29, 0.717) is 11.3 Å². The zero-order valence-electron chi connectivity index (χ0n) is 9.85. The minimum Gasteiger partial charge on any atom is -0.495 e. The molecule has 0 saturated carbocycles. The maximum atomic E-state index is 10.9. The largest absolute Gasteiger partial charge is 0.495 e. The van der Waals surface area contributed by atoms with Crippen molar-refractivity contribution in [1.29, 1.82) is 0 Å². The van der Waals surface area contributed by atoms with E-state index < -0.39 is 5.97 Å². The van der Waals surface area contributed by atoms with Gasteiger partial charge >= 0.3 is 5.97 Å². The summed E-state index contributed by atoms with van der Waals surface area (Å²) in [5, 5.41) is 13.0. The lowest BCUT2D eigenvalue weighted by atomic mass is 10.3. The average molecular weight is 311 g/mol. The monoisotopic (exact) mass is 310 g/mol. The van der Waals surface area contributed by atoms with Gasteiger partial charge in [0.25, 0.3) is 0 Å². The molecule has 0 aliphatic rings. The molecule has 0 aliphatic heterocycles. The molecule has 6 heteroatoms.